The van der Waals surface area contributed by atoms with Gasteiger partial charge in [0.2, 0.25) is 0 Å². The Kier molecular flexibility index (Phi) is 27.4. The van der Waals surface area contributed by atoms with Crippen molar-refractivity contribution in [3.63, 3.8) is 0 Å². The molecule has 0 unspecified atom stereocenters. The summed E-state index contributed by atoms with van der Waals surface area (Å²) in [5.41, 5.74) is 0. The molecule has 0 amide bonds. The number of rotatable bonds is 20. The smallest absolute Gasteiger partial charge is 0.328 e. The topological polar surface area (TPSA) is 89.9 Å². The van der Waals surface area contributed by atoms with Gasteiger partial charge in [0, 0.05) is 13.3 Å². The average Bonchev–Trinajstić information content (AvgIpc) is 2.73. The molecule has 6 nitrogen and oxygen atoms in total. The van der Waals surface area contributed by atoms with Crippen molar-refractivity contribution in [2.45, 2.75) is 121 Å². The van der Waals surface area contributed by atoms with Crippen LogP contribution in [0, 0.1) is 0 Å². The molecule has 0 aromatic heterocycles. The Hall–Kier alpha value is -0.890. The fraction of sp³-hybridized carbons (Fsp3) is 0.875. The number of carboxylic acids is 1. The summed E-state index contributed by atoms with van der Waals surface area (Å²) in [6.07, 6.45) is 20.0. The zero-order valence-corrected chi connectivity index (χ0v) is 22.0. The SMILES string of the molecule is CC(=O)O.CCCCCCCCCCCCCCCCCC(=O)OCCOC(=O)C(S)S. The predicted molar refractivity (Wildman–Crippen MR) is 137 cm³/mol. The second-order valence-corrected chi connectivity index (χ2v) is 9.42. The minimum atomic E-state index is -0.833. The van der Waals surface area contributed by atoms with Gasteiger partial charge in [-0.25, -0.2) is 4.79 Å². The number of carbonyl (C=O) groups excluding carboxylic acids is 2. The lowest BCUT2D eigenvalue weighted by molar-refractivity contribution is -0.151. The molecule has 0 saturated carbocycles. The van der Waals surface area contributed by atoms with Crippen molar-refractivity contribution in [2.24, 2.45) is 0 Å². The highest BCUT2D eigenvalue weighted by Gasteiger charge is 2.10. The van der Waals surface area contributed by atoms with Gasteiger partial charge in [-0.05, 0) is 6.42 Å². The van der Waals surface area contributed by atoms with Crippen LogP contribution < -0.4 is 0 Å². The molecule has 0 heterocycles. The maximum Gasteiger partial charge on any atom is 0.328 e. The van der Waals surface area contributed by atoms with Gasteiger partial charge in [-0.1, -0.05) is 96.8 Å². The molecule has 0 atom stereocenters. The van der Waals surface area contributed by atoms with E-state index in [-0.39, 0.29) is 19.2 Å². The molecule has 190 valence electrons. The average molecular weight is 495 g/mol. The van der Waals surface area contributed by atoms with E-state index in [4.69, 9.17) is 19.4 Å². The largest absolute Gasteiger partial charge is 0.481 e. The van der Waals surface area contributed by atoms with Crippen LogP contribution in [0.25, 0.3) is 0 Å². The van der Waals surface area contributed by atoms with Crippen molar-refractivity contribution >= 4 is 43.2 Å². The van der Waals surface area contributed by atoms with Gasteiger partial charge in [0.15, 0.2) is 0 Å². The van der Waals surface area contributed by atoms with E-state index < -0.39 is 16.5 Å². The summed E-state index contributed by atoms with van der Waals surface area (Å²) < 4.78 is 9.09. The normalized spacial score (nSPS) is 10.4. The summed E-state index contributed by atoms with van der Waals surface area (Å²) >= 11 is 7.67. The third-order valence-corrected chi connectivity index (χ3v) is 5.21. The fourth-order valence-electron chi connectivity index (χ4n) is 3.09. The first kappa shape index (κ1) is 33.3. The van der Waals surface area contributed by atoms with Crippen LogP contribution in [-0.2, 0) is 23.9 Å². The summed E-state index contributed by atoms with van der Waals surface area (Å²) in [5.74, 6) is -1.58. The van der Waals surface area contributed by atoms with Crippen LogP contribution in [0.4, 0.5) is 0 Å². The molecule has 8 heteroatoms. The van der Waals surface area contributed by atoms with Crippen molar-refractivity contribution in [2.75, 3.05) is 13.2 Å². The second kappa shape index (κ2) is 26.4. The Morgan fingerprint density at radius 3 is 1.41 bits per heavy atom. The van der Waals surface area contributed by atoms with Crippen molar-refractivity contribution in [3.8, 4) is 0 Å². The lowest BCUT2D eigenvalue weighted by Crippen LogP contribution is -2.17. The van der Waals surface area contributed by atoms with E-state index in [0.717, 1.165) is 19.8 Å². The summed E-state index contributed by atoms with van der Waals surface area (Å²) in [7, 11) is 0. The second-order valence-electron chi connectivity index (χ2n) is 7.98. The summed E-state index contributed by atoms with van der Waals surface area (Å²) in [4.78, 5) is 31.7. The highest BCUT2D eigenvalue weighted by Crippen LogP contribution is 2.13. The lowest BCUT2D eigenvalue weighted by Gasteiger charge is -2.07. The van der Waals surface area contributed by atoms with E-state index in [9.17, 15) is 9.59 Å². The van der Waals surface area contributed by atoms with Gasteiger partial charge in [0.25, 0.3) is 5.97 Å². The van der Waals surface area contributed by atoms with Gasteiger partial charge in [0.1, 0.15) is 17.8 Å². The Morgan fingerprint density at radius 1 is 0.688 bits per heavy atom. The minimum absolute atomic E-state index is 0.0566. The highest BCUT2D eigenvalue weighted by atomic mass is 32.2. The molecule has 0 aliphatic heterocycles. The van der Waals surface area contributed by atoms with Crippen molar-refractivity contribution in [3.05, 3.63) is 0 Å². The zero-order chi connectivity index (χ0) is 24.5. The molecule has 0 spiro atoms. The standard InChI is InChI=1S/C22H42O4S2.C2H4O2/c1-2-3-4-5-6-7-8-9-10-11-12-13-14-15-16-17-20(23)25-18-19-26-21(24)22(27)28;1-2(3)4/h22,27-28H,2-19H2,1H3;1H3,(H,3,4). The van der Waals surface area contributed by atoms with Crippen LogP contribution in [0.3, 0.4) is 0 Å². The number of thiol groups is 2. The predicted octanol–water partition coefficient (Wildman–Crippen LogP) is 6.61. The minimum Gasteiger partial charge on any atom is -0.481 e. The molecular weight excluding hydrogens is 448 g/mol. The molecule has 0 radical (unpaired) electrons. The maximum absolute atomic E-state index is 11.6. The Morgan fingerprint density at radius 2 is 1.03 bits per heavy atom. The fourth-order valence-corrected chi connectivity index (χ4v) is 3.23. The molecule has 32 heavy (non-hydrogen) atoms. The van der Waals surface area contributed by atoms with Gasteiger partial charge in [-0.2, -0.15) is 25.3 Å². The number of esters is 2. The summed E-state index contributed by atoms with van der Waals surface area (Å²) in [5, 5.41) is 7.42. The first-order chi connectivity index (χ1) is 15.3. The van der Waals surface area contributed by atoms with Crippen molar-refractivity contribution in [1.82, 2.24) is 0 Å². The molecule has 0 bridgehead atoms. The van der Waals surface area contributed by atoms with Gasteiger partial charge in [-0.3, -0.25) is 9.59 Å². The zero-order valence-electron chi connectivity index (χ0n) is 20.2. The van der Waals surface area contributed by atoms with E-state index in [1.165, 1.54) is 83.5 Å². The summed E-state index contributed by atoms with van der Waals surface area (Å²) in [6.45, 7) is 3.50. The molecule has 0 aliphatic rings. The third kappa shape index (κ3) is 31.3. The first-order valence-corrected chi connectivity index (χ1v) is 13.2. The molecule has 0 rings (SSSR count). The van der Waals surface area contributed by atoms with Gasteiger partial charge in [0.05, 0.1) is 0 Å². The Labute approximate surface area is 206 Å². The first-order valence-electron chi connectivity index (χ1n) is 12.2. The van der Waals surface area contributed by atoms with Crippen molar-refractivity contribution < 1.29 is 29.0 Å². The number of aliphatic carboxylic acids is 1. The molecule has 0 fully saturated rings. The van der Waals surface area contributed by atoms with E-state index in [0.29, 0.717) is 6.42 Å². The Balaban J connectivity index is 0. The highest BCUT2D eigenvalue weighted by molar-refractivity contribution is 8.00. The monoisotopic (exact) mass is 494 g/mol. The Bertz CT molecular complexity index is 454. The maximum atomic E-state index is 11.6. The molecule has 0 aliphatic carbocycles. The quantitative estimate of drug-likeness (QED) is 0.0763. The number of hydrogen-bond donors (Lipinski definition) is 3. The van der Waals surface area contributed by atoms with Crippen molar-refractivity contribution in [1.29, 1.82) is 0 Å². The number of carboxylic acid groups (broad SMARTS) is 1. The number of unbranched alkanes of at least 4 members (excludes halogenated alkanes) is 14. The van der Waals surface area contributed by atoms with E-state index in [1.807, 2.05) is 0 Å². The van der Waals surface area contributed by atoms with Crippen LogP contribution in [-0.4, -0.2) is 40.8 Å². The van der Waals surface area contributed by atoms with Gasteiger partial charge >= 0.3 is 11.9 Å². The van der Waals surface area contributed by atoms with Crippen LogP contribution in [0.15, 0.2) is 0 Å². The number of carbonyl (C=O) groups is 3. The molecular formula is C24H46O6S2. The van der Waals surface area contributed by atoms with Crippen LogP contribution in [0.1, 0.15) is 117 Å². The third-order valence-electron chi connectivity index (χ3n) is 4.79. The van der Waals surface area contributed by atoms with Crippen LogP contribution >= 0.6 is 25.3 Å². The molecule has 0 aromatic carbocycles. The van der Waals surface area contributed by atoms with E-state index in [1.54, 1.807) is 0 Å². The number of ether oxygens (including phenoxy) is 2. The molecule has 1 N–H and O–H groups in total. The summed E-state index contributed by atoms with van der Waals surface area (Å²) in [6, 6.07) is 0. The molecule has 0 aromatic rings. The van der Waals surface area contributed by atoms with Gasteiger partial charge < -0.3 is 14.6 Å². The lowest BCUT2D eigenvalue weighted by atomic mass is 10.0. The van der Waals surface area contributed by atoms with E-state index in [2.05, 4.69) is 32.2 Å². The van der Waals surface area contributed by atoms with Gasteiger partial charge in [-0.15, -0.1) is 0 Å². The van der Waals surface area contributed by atoms with Crippen LogP contribution in [0.2, 0.25) is 0 Å². The molecule has 0 saturated heterocycles. The van der Waals surface area contributed by atoms with E-state index >= 15 is 0 Å². The number of hydrogen-bond acceptors (Lipinski definition) is 7. The van der Waals surface area contributed by atoms with Crippen LogP contribution in [0.5, 0.6) is 0 Å².